The Morgan fingerprint density at radius 2 is 2.53 bits per heavy atom. The van der Waals surface area contributed by atoms with Crippen LogP contribution in [0.1, 0.15) is 18.5 Å². The van der Waals surface area contributed by atoms with Gasteiger partial charge in [-0.3, -0.25) is 9.78 Å². The number of nitrogens with zero attached hydrogens (tertiary/aromatic N) is 1. The van der Waals surface area contributed by atoms with Gasteiger partial charge in [0.15, 0.2) is 0 Å². The first-order chi connectivity index (χ1) is 7.27. The van der Waals surface area contributed by atoms with Gasteiger partial charge in [0.1, 0.15) is 0 Å². The standard InChI is InChI=1S/C11H15N3O/c1-8-9(4-2-6-12-8)14-11(15)10-5-3-7-13-10/h2,4,6,10,13H,3,5,7H2,1H3,(H,14,15). The van der Waals surface area contributed by atoms with Crippen molar-refractivity contribution in [2.24, 2.45) is 0 Å². The normalized spacial score (nSPS) is 20.2. The summed E-state index contributed by atoms with van der Waals surface area (Å²) in [7, 11) is 0. The summed E-state index contributed by atoms with van der Waals surface area (Å²) < 4.78 is 0. The Morgan fingerprint density at radius 3 is 3.20 bits per heavy atom. The lowest BCUT2D eigenvalue weighted by Gasteiger charge is -2.11. The van der Waals surface area contributed by atoms with Crippen LogP contribution < -0.4 is 10.6 Å². The van der Waals surface area contributed by atoms with Gasteiger partial charge in [-0.15, -0.1) is 0 Å². The van der Waals surface area contributed by atoms with E-state index in [-0.39, 0.29) is 11.9 Å². The van der Waals surface area contributed by atoms with Crippen molar-refractivity contribution >= 4 is 11.6 Å². The number of nitrogens with one attached hydrogen (secondary N) is 2. The molecule has 4 heteroatoms. The summed E-state index contributed by atoms with van der Waals surface area (Å²) >= 11 is 0. The molecule has 0 aromatic carbocycles. The van der Waals surface area contributed by atoms with E-state index in [1.165, 1.54) is 0 Å². The summed E-state index contributed by atoms with van der Waals surface area (Å²) in [6, 6.07) is 3.66. The molecule has 1 aliphatic heterocycles. The van der Waals surface area contributed by atoms with Crippen LogP contribution in [0.2, 0.25) is 0 Å². The van der Waals surface area contributed by atoms with Gasteiger partial charge in [0.25, 0.3) is 0 Å². The molecule has 1 aliphatic rings. The minimum atomic E-state index is -0.0374. The van der Waals surface area contributed by atoms with Crippen LogP contribution >= 0.6 is 0 Å². The van der Waals surface area contributed by atoms with Crippen LogP contribution in [0, 0.1) is 6.92 Å². The van der Waals surface area contributed by atoms with Gasteiger partial charge in [-0.2, -0.15) is 0 Å². The maximum Gasteiger partial charge on any atom is 0.241 e. The molecule has 0 spiro atoms. The summed E-state index contributed by atoms with van der Waals surface area (Å²) in [4.78, 5) is 15.9. The first-order valence-electron chi connectivity index (χ1n) is 5.23. The van der Waals surface area contributed by atoms with Crippen molar-refractivity contribution in [1.29, 1.82) is 0 Å². The van der Waals surface area contributed by atoms with E-state index in [0.29, 0.717) is 0 Å². The largest absolute Gasteiger partial charge is 0.323 e. The quantitative estimate of drug-likeness (QED) is 0.759. The smallest absolute Gasteiger partial charge is 0.241 e. The number of anilines is 1. The van der Waals surface area contributed by atoms with Crippen LogP contribution in [0.5, 0.6) is 0 Å². The van der Waals surface area contributed by atoms with E-state index in [0.717, 1.165) is 30.8 Å². The van der Waals surface area contributed by atoms with Gasteiger partial charge in [-0.05, 0) is 38.4 Å². The maximum atomic E-state index is 11.8. The molecule has 0 bridgehead atoms. The Morgan fingerprint density at radius 1 is 1.67 bits per heavy atom. The lowest BCUT2D eigenvalue weighted by atomic mass is 10.2. The molecular weight excluding hydrogens is 190 g/mol. The van der Waals surface area contributed by atoms with Crippen molar-refractivity contribution in [1.82, 2.24) is 10.3 Å². The molecule has 1 unspecified atom stereocenters. The highest BCUT2D eigenvalue weighted by Gasteiger charge is 2.22. The molecule has 80 valence electrons. The van der Waals surface area contributed by atoms with Crippen LogP contribution in [0.25, 0.3) is 0 Å². The first kappa shape index (κ1) is 10.1. The number of carbonyl (C=O) groups excluding carboxylic acids is 1. The van der Waals surface area contributed by atoms with Gasteiger partial charge in [0, 0.05) is 6.20 Å². The summed E-state index contributed by atoms with van der Waals surface area (Å²) in [6.45, 7) is 2.82. The second-order valence-electron chi connectivity index (χ2n) is 3.77. The van der Waals surface area contributed by atoms with Crippen molar-refractivity contribution in [3.63, 3.8) is 0 Å². The number of aryl methyl sites for hydroxylation is 1. The Balaban J connectivity index is 2.02. The first-order valence-corrected chi connectivity index (χ1v) is 5.23. The minimum Gasteiger partial charge on any atom is -0.323 e. The number of hydrogen-bond donors (Lipinski definition) is 2. The van der Waals surface area contributed by atoms with Crippen molar-refractivity contribution in [3.05, 3.63) is 24.0 Å². The third-order valence-electron chi connectivity index (χ3n) is 2.64. The Bertz CT molecular complexity index is 359. The van der Waals surface area contributed by atoms with Crippen molar-refractivity contribution in [2.45, 2.75) is 25.8 Å². The SMILES string of the molecule is Cc1ncccc1NC(=O)C1CCCN1. The minimum absolute atomic E-state index is 0.0374. The number of pyridine rings is 1. The molecule has 1 aromatic heterocycles. The summed E-state index contributed by atoms with van der Waals surface area (Å²) in [5.41, 5.74) is 1.65. The predicted molar refractivity (Wildman–Crippen MR) is 58.6 cm³/mol. The van der Waals surface area contributed by atoms with Gasteiger partial charge in [0.2, 0.25) is 5.91 Å². The fraction of sp³-hybridized carbons (Fsp3) is 0.455. The van der Waals surface area contributed by atoms with Gasteiger partial charge >= 0.3 is 0 Å². The van der Waals surface area contributed by atoms with E-state index in [1.807, 2.05) is 19.1 Å². The molecule has 1 aromatic rings. The predicted octanol–water partition coefficient (Wildman–Crippen LogP) is 1.08. The lowest BCUT2D eigenvalue weighted by molar-refractivity contribution is -0.117. The van der Waals surface area contributed by atoms with Crippen molar-refractivity contribution in [3.8, 4) is 0 Å². The van der Waals surface area contributed by atoms with Crippen LogP contribution in [-0.2, 0) is 4.79 Å². The van der Waals surface area contributed by atoms with Gasteiger partial charge in [0.05, 0.1) is 17.4 Å². The lowest BCUT2D eigenvalue weighted by Crippen LogP contribution is -2.35. The van der Waals surface area contributed by atoms with E-state index in [9.17, 15) is 4.79 Å². The fourth-order valence-electron chi connectivity index (χ4n) is 1.74. The number of carbonyl (C=O) groups is 1. The molecule has 1 atom stereocenters. The summed E-state index contributed by atoms with van der Waals surface area (Å²) in [6.07, 6.45) is 3.72. The van der Waals surface area contributed by atoms with E-state index >= 15 is 0 Å². The van der Waals surface area contributed by atoms with Gasteiger partial charge < -0.3 is 10.6 Å². The number of aromatic nitrogens is 1. The summed E-state index contributed by atoms with van der Waals surface area (Å²) in [5.74, 6) is 0.0450. The summed E-state index contributed by atoms with van der Waals surface area (Å²) in [5, 5.41) is 6.05. The third-order valence-corrected chi connectivity index (χ3v) is 2.64. The van der Waals surface area contributed by atoms with E-state index in [2.05, 4.69) is 15.6 Å². The Kier molecular flexibility index (Phi) is 2.97. The monoisotopic (exact) mass is 205 g/mol. The molecule has 0 radical (unpaired) electrons. The van der Waals surface area contributed by atoms with Crippen molar-refractivity contribution in [2.75, 3.05) is 11.9 Å². The van der Waals surface area contributed by atoms with E-state index in [4.69, 9.17) is 0 Å². The van der Waals surface area contributed by atoms with Gasteiger partial charge in [-0.25, -0.2) is 0 Å². The highest BCUT2D eigenvalue weighted by Crippen LogP contribution is 2.13. The second kappa shape index (κ2) is 4.40. The van der Waals surface area contributed by atoms with Crippen molar-refractivity contribution < 1.29 is 4.79 Å². The van der Waals surface area contributed by atoms with Crippen LogP contribution in [0.3, 0.4) is 0 Å². The zero-order chi connectivity index (χ0) is 10.7. The second-order valence-corrected chi connectivity index (χ2v) is 3.77. The van der Waals surface area contributed by atoms with E-state index in [1.54, 1.807) is 6.20 Å². The van der Waals surface area contributed by atoms with Crippen LogP contribution in [0.4, 0.5) is 5.69 Å². The third kappa shape index (κ3) is 2.33. The van der Waals surface area contributed by atoms with Crippen LogP contribution in [-0.4, -0.2) is 23.5 Å². The van der Waals surface area contributed by atoms with E-state index < -0.39 is 0 Å². The Labute approximate surface area is 89.1 Å². The average Bonchev–Trinajstić information content (AvgIpc) is 2.74. The molecule has 2 heterocycles. The average molecular weight is 205 g/mol. The zero-order valence-corrected chi connectivity index (χ0v) is 8.79. The van der Waals surface area contributed by atoms with Crippen LogP contribution in [0.15, 0.2) is 18.3 Å². The molecule has 0 saturated carbocycles. The molecule has 1 saturated heterocycles. The number of amides is 1. The molecule has 0 aliphatic carbocycles. The molecule has 15 heavy (non-hydrogen) atoms. The molecule has 1 fully saturated rings. The fourth-order valence-corrected chi connectivity index (χ4v) is 1.74. The maximum absolute atomic E-state index is 11.8. The Hall–Kier alpha value is -1.42. The molecular formula is C11H15N3O. The number of rotatable bonds is 2. The molecule has 4 nitrogen and oxygen atoms in total. The topological polar surface area (TPSA) is 54.0 Å². The molecule has 2 rings (SSSR count). The number of hydrogen-bond acceptors (Lipinski definition) is 3. The molecule has 1 amide bonds. The zero-order valence-electron chi connectivity index (χ0n) is 8.79. The van der Waals surface area contributed by atoms with Gasteiger partial charge in [-0.1, -0.05) is 0 Å². The highest BCUT2D eigenvalue weighted by molar-refractivity contribution is 5.95. The highest BCUT2D eigenvalue weighted by atomic mass is 16.2. The molecule has 2 N–H and O–H groups in total.